The van der Waals surface area contributed by atoms with Gasteiger partial charge in [0, 0.05) is 5.69 Å². The van der Waals surface area contributed by atoms with E-state index in [-0.39, 0.29) is 17.7 Å². The van der Waals surface area contributed by atoms with Crippen molar-refractivity contribution < 1.29 is 14.7 Å². The molecule has 3 rings (SSSR count). The minimum Gasteiger partial charge on any atom is -0.481 e. The number of anilines is 1. The highest BCUT2D eigenvalue weighted by atomic mass is 16.4. The number of carboxylic acids is 1. The van der Waals surface area contributed by atoms with Crippen LogP contribution < -0.4 is 5.32 Å². The zero-order chi connectivity index (χ0) is 15.9. The monoisotopic (exact) mass is 299 g/mol. The number of hydrogen-bond donors (Lipinski definition) is 2. The smallest absolute Gasteiger partial charge is 0.307 e. The lowest BCUT2D eigenvalue weighted by atomic mass is 9.82. The second-order valence-corrected chi connectivity index (χ2v) is 6.57. The molecule has 116 valence electrons. The number of hydrogen-bond acceptors (Lipinski definition) is 2. The average Bonchev–Trinajstić information content (AvgIpc) is 3.08. The van der Waals surface area contributed by atoms with E-state index in [4.69, 9.17) is 0 Å². The molecule has 2 bridgehead atoms. The van der Waals surface area contributed by atoms with Crippen LogP contribution in [-0.4, -0.2) is 17.0 Å². The Morgan fingerprint density at radius 1 is 1.14 bits per heavy atom. The number of benzene rings is 1. The van der Waals surface area contributed by atoms with Gasteiger partial charge in [0.15, 0.2) is 0 Å². The van der Waals surface area contributed by atoms with Crippen LogP contribution in [0.15, 0.2) is 36.4 Å². The molecule has 4 atom stereocenters. The first-order chi connectivity index (χ1) is 10.5. The number of aliphatic carboxylic acids is 1. The topological polar surface area (TPSA) is 66.4 Å². The number of rotatable bonds is 4. The molecular weight excluding hydrogens is 278 g/mol. The Morgan fingerprint density at radius 2 is 1.77 bits per heavy atom. The first-order valence-electron chi connectivity index (χ1n) is 7.80. The summed E-state index contributed by atoms with van der Waals surface area (Å²) in [7, 11) is 0. The molecule has 0 radical (unpaired) electrons. The maximum Gasteiger partial charge on any atom is 0.307 e. The molecule has 1 aromatic rings. The van der Waals surface area contributed by atoms with Crippen molar-refractivity contribution in [2.45, 2.75) is 26.2 Å². The molecule has 0 saturated heterocycles. The van der Waals surface area contributed by atoms with E-state index in [0.29, 0.717) is 5.92 Å². The van der Waals surface area contributed by atoms with Gasteiger partial charge in [-0.05, 0) is 35.8 Å². The summed E-state index contributed by atoms with van der Waals surface area (Å²) in [5, 5.41) is 12.4. The van der Waals surface area contributed by atoms with E-state index in [0.717, 1.165) is 17.7 Å². The van der Waals surface area contributed by atoms with Crippen LogP contribution in [0, 0.1) is 23.7 Å². The molecule has 0 spiro atoms. The van der Waals surface area contributed by atoms with E-state index in [9.17, 15) is 14.7 Å². The first kappa shape index (κ1) is 14.8. The van der Waals surface area contributed by atoms with Gasteiger partial charge in [-0.25, -0.2) is 0 Å². The number of carboxylic acid groups (broad SMARTS) is 1. The van der Waals surface area contributed by atoms with Crippen LogP contribution in [0.3, 0.4) is 0 Å². The first-order valence-corrected chi connectivity index (χ1v) is 7.80. The van der Waals surface area contributed by atoms with E-state index < -0.39 is 17.8 Å². The molecule has 2 aliphatic carbocycles. The minimum absolute atomic E-state index is 0.00130. The van der Waals surface area contributed by atoms with Crippen molar-refractivity contribution in [3.63, 3.8) is 0 Å². The molecule has 0 aromatic heterocycles. The summed E-state index contributed by atoms with van der Waals surface area (Å²) in [6.45, 7) is 4.15. The Balaban J connectivity index is 1.83. The summed E-state index contributed by atoms with van der Waals surface area (Å²) in [5.41, 5.74) is 1.86. The highest BCUT2D eigenvalue weighted by Crippen LogP contribution is 2.48. The van der Waals surface area contributed by atoms with Crippen LogP contribution >= 0.6 is 0 Å². The van der Waals surface area contributed by atoms with Gasteiger partial charge in [0.2, 0.25) is 5.91 Å². The van der Waals surface area contributed by atoms with E-state index >= 15 is 0 Å². The van der Waals surface area contributed by atoms with Crippen LogP contribution in [0.2, 0.25) is 0 Å². The van der Waals surface area contributed by atoms with Crippen LogP contribution in [-0.2, 0) is 9.59 Å². The third-order valence-electron chi connectivity index (χ3n) is 4.89. The standard InChI is InChI=1S/C18H21NO3/c1-10(2)13-5-3-4-6-14(13)19-17(20)15-11-7-8-12(9-11)16(15)18(21)22/h3-8,10-12,15-16H,9H2,1-2H3,(H,19,20)(H,21,22)/t11-,12+,15-,16-/m0/s1. The lowest BCUT2D eigenvalue weighted by molar-refractivity contribution is -0.146. The van der Waals surface area contributed by atoms with Crippen molar-refractivity contribution in [3.05, 3.63) is 42.0 Å². The lowest BCUT2D eigenvalue weighted by Gasteiger charge is -2.24. The van der Waals surface area contributed by atoms with Crippen molar-refractivity contribution in [1.82, 2.24) is 0 Å². The fraction of sp³-hybridized carbons (Fsp3) is 0.444. The molecule has 0 heterocycles. The van der Waals surface area contributed by atoms with Crippen molar-refractivity contribution in [2.75, 3.05) is 5.32 Å². The number of para-hydroxylation sites is 1. The SMILES string of the molecule is CC(C)c1ccccc1NC(=O)[C@@H]1[C@@H](C(=O)O)[C@@H]2C=C[C@H]1C2. The lowest BCUT2D eigenvalue weighted by Crippen LogP contribution is -2.36. The highest BCUT2D eigenvalue weighted by molar-refractivity contribution is 5.97. The summed E-state index contributed by atoms with van der Waals surface area (Å²) in [4.78, 5) is 24.2. The van der Waals surface area contributed by atoms with Gasteiger partial charge >= 0.3 is 5.97 Å². The Bertz CT molecular complexity index is 635. The zero-order valence-electron chi connectivity index (χ0n) is 12.8. The quantitative estimate of drug-likeness (QED) is 0.839. The molecule has 4 heteroatoms. The van der Waals surface area contributed by atoms with Crippen molar-refractivity contribution in [2.24, 2.45) is 23.7 Å². The predicted octanol–water partition coefficient (Wildman–Crippen LogP) is 3.27. The number of carbonyl (C=O) groups excluding carboxylic acids is 1. The number of carbonyl (C=O) groups is 2. The van der Waals surface area contributed by atoms with E-state index in [2.05, 4.69) is 19.2 Å². The van der Waals surface area contributed by atoms with Crippen LogP contribution in [0.4, 0.5) is 5.69 Å². The third-order valence-corrected chi connectivity index (χ3v) is 4.89. The second-order valence-electron chi connectivity index (χ2n) is 6.57. The molecule has 1 aromatic carbocycles. The van der Waals surface area contributed by atoms with Crippen LogP contribution in [0.5, 0.6) is 0 Å². The number of allylic oxidation sites excluding steroid dienone is 2. The Morgan fingerprint density at radius 3 is 2.41 bits per heavy atom. The molecule has 1 saturated carbocycles. The van der Waals surface area contributed by atoms with Gasteiger partial charge in [-0.3, -0.25) is 9.59 Å². The van der Waals surface area contributed by atoms with E-state index in [1.54, 1.807) is 0 Å². The van der Waals surface area contributed by atoms with Gasteiger partial charge in [-0.2, -0.15) is 0 Å². The van der Waals surface area contributed by atoms with E-state index in [1.807, 2.05) is 36.4 Å². The van der Waals surface area contributed by atoms with Crippen molar-refractivity contribution >= 4 is 17.6 Å². The Kier molecular flexibility index (Phi) is 3.77. The molecule has 0 aliphatic heterocycles. The number of amides is 1. The van der Waals surface area contributed by atoms with Gasteiger partial charge in [0.05, 0.1) is 11.8 Å². The summed E-state index contributed by atoms with van der Waals surface area (Å²) < 4.78 is 0. The molecule has 22 heavy (non-hydrogen) atoms. The fourth-order valence-corrected chi connectivity index (χ4v) is 3.85. The summed E-state index contributed by atoms with van der Waals surface area (Å²) in [6, 6.07) is 7.71. The van der Waals surface area contributed by atoms with Gasteiger partial charge in [-0.15, -0.1) is 0 Å². The Labute approximate surface area is 130 Å². The van der Waals surface area contributed by atoms with Gasteiger partial charge < -0.3 is 10.4 Å². The van der Waals surface area contributed by atoms with Gasteiger partial charge in [0.1, 0.15) is 0 Å². The van der Waals surface area contributed by atoms with Crippen molar-refractivity contribution in [3.8, 4) is 0 Å². The largest absolute Gasteiger partial charge is 0.481 e. The summed E-state index contributed by atoms with van der Waals surface area (Å²) in [6.07, 6.45) is 4.74. The molecule has 2 aliphatic rings. The second kappa shape index (κ2) is 5.59. The average molecular weight is 299 g/mol. The molecule has 1 amide bonds. The maximum atomic E-state index is 12.7. The highest BCUT2D eigenvalue weighted by Gasteiger charge is 2.51. The predicted molar refractivity (Wildman–Crippen MR) is 84.5 cm³/mol. The van der Waals surface area contributed by atoms with Gasteiger partial charge in [-0.1, -0.05) is 44.2 Å². The number of fused-ring (bicyclic) bond motifs is 2. The summed E-state index contributed by atoms with van der Waals surface area (Å²) in [5.74, 6) is -1.75. The van der Waals surface area contributed by atoms with Crippen LogP contribution in [0.25, 0.3) is 0 Å². The molecule has 4 nitrogen and oxygen atoms in total. The zero-order valence-corrected chi connectivity index (χ0v) is 12.8. The minimum atomic E-state index is -0.867. The molecule has 0 unspecified atom stereocenters. The fourth-order valence-electron chi connectivity index (χ4n) is 3.85. The maximum absolute atomic E-state index is 12.7. The summed E-state index contributed by atoms with van der Waals surface area (Å²) >= 11 is 0. The number of nitrogens with one attached hydrogen (secondary N) is 1. The molecule has 1 fully saturated rings. The third kappa shape index (κ3) is 2.43. The van der Waals surface area contributed by atoms with Crippen LogP contribution in [0.1, 0.15) is 31.7 Å². The molecule has 2 N–H and O–H groups in total. The Hall–Kier alpha value is -2.10. The normalized spacial score (nSPS) is 29.0. The van der Waals surface area contributed by atoms with Gasteiger partial charge in [0.25, 0.3) is 0 Å². The molecular formula is C18H21NO3. The van der Waals surface area contributed by atoms with E-state index in [1.165, 1.54) is 0 Å². The van der Waals surface area contributed by atoms with Crippen molar-refractivity contribution in [1.29, 1.82) is 0 Å².